The van der Waals surface area contributed by atoms with Crippen LogP contribution in [-0.4, -0.2) is 11.8 Å². The molecule has 1 aliphatic heterocycles. The van der Waals surface area contributed by atoms with Gasteiger partial charge in [-0.25, -0.2) is 0 Å². The molecule has 1 N–H and O–H groups in total. The van der Waals surface area contributed by atoms with E-state index in [4.69, 9.17) is 0 Å². The summed E-state index contributed by atoms with van der Waals surface area (Å²) in [7, 11) is 2.52. The lowest BCUT2D eigenvalue weighted by Gasteiger charge is -2.41. The van der Waals surface area contributed by atoms with Gasteiger partial charge in [0.05, 0.1) is 5.52 Å². The van der Waals surface area contributed by atoms with Crippen molar-refractivity contribution >= 4 is 114 Å². The van der Waals surface area contributed by atoms with Crippen molar-refractivity contribution in [1.29, 1.82) is 0 Å². The van der Waals surface area contributed by atoms with Crippen LogP contribution in [0.25, 0.3) is 90.1 Å². The molecule has 2 aliphatic carbocycles. The van der Waals surface area contributed by atoms with Gasteiger partial charge in [0, 0.05) is 84.7 Å². The van der Waals surface area contributed by atoms with Crippen molar-refractivity contribution in [2.24, 2.45) is 0 Å². The van der Waals surface area contributed by atoms with Crippen molar-refractivity contribution in [2.45, 2.75) is 96.8 Å². The van der Waals surface area contributed by atoms with Crippen LogP contribution in [0.3, 0.4) is 0 Å². The largest absolute Gasteiger partial charge is 0.355 e. The molecule has 0 spiro atoms. The first-order valence-electron chi connectivity index (χ1n) is 24.5. The summed E-state index contributed by atoms with van der Waals surface area (Å²) in [6.07, 6.45) is 2.40. The molecule has 3 aromatic heterocycles. The molecule has 0 saturated carbocycles. The van der Waals surface area contributed by atoms with Crippen LogP contribution in [0.15, 0.2) is 133 Å². The van der Waals surface area contributed by atoms with Crippen molar-refractivity contribution in [2.75, 3.05) is 5.32 Å². The fraction of sp³-hybridized carbons (Fsp3) is 0.238. The van der Waals surface area contributed by atoms with E-state index >= 15 is 0 Å². The Labute approximate surface area is 407 Å². The number of nitrogens with one attached hydrogen (secondary N) is 1. The Morgan fingerprint density at radius 3 is 1.99 bits per heavy atom. The van der Waals surface area contributed by atoms with Gasteiger partial charge >= 0.3 is 0 Å². The van der Waals surface area contributed by atoms with Crippen LogP contribution < -0.4 is 16.2 Å². The molecule has 0 fully saturated rings. The number of anilines is 2. The predicted molar refractivity (Wildman–Crippen MR) is 298 cm³/mol. The van der Waals surface area contributed by atoms with Crippen LogP contribution in [0.2, 0.25) is 0 Å². The number of rotatable bonds is 3. The minimum Gasteiger partial charge on any atom is -0.355 e. The number of benzene rings is 8. The zero-order chi connectivity index (χ0) is 46.4. The highest BCUT2D eigenvalue weighted by molar-refractivity contribution is 7.26. The van der Waals surface area contributed by atoms with E-state index in [1.807, 2.05) is 22.7 Å². The van der Waals surface area contributed by atoms with E-state index < -0.39 is 0 Å². The second-order valence-electron chi connectivity index (χ2n) is 23.1. The Bertz CT molecular complexity index is 4030. The Balaban J connectivity index is 1.06. The maximum absolute atomic E-state index is 4.02. The first-order chi connectivity index (χ1) is 32.5. The van der Waals surface area contributed by atoms with Gasteiger partial charge in [0.25, 0.3) is 0 Å². The van der Waals surface area contributed by atoms with Crippen LogP contribution in [0.5, 0.6) is 0 Å². The van der Waals surface area contributed by atoms with E-state index in [1.165, 1.54) is 142 Å². The van der Waals surface area contributed by atoms with Crippen LogP contribution in [0, 0.1) is 0 Å². The molecule has 0 unspecified atom stereocenters. The van der Waals surface area contributed by atoms with Crippen LogP contribution in [-0.2, 0) is 21.7 Å². The molecule has 11 aromatic rings. The molecule has 1 radical (unpaired) electrons. The fourth-order valence-corrected chi connectivity index (χ4v) is 14.9. The van der Waals surface area contributed by atoms with E-state index in [2.05, 4.69) is 213 Å². The van der Waals surface area contributed by atoms with Gasteiger partial charge in [0.1, 0.15) is 0 Å². The van der Waals surface area contributed by atoms with E-state index in [-0.39, 0.29) is 21.7 Å². The number of hydrogen-bond donors (Lipinski definition) is 1. The molecule has 0 atom stereocenters. The normalized spacial score (nSPS) is 16.4. The van der Waals surface area contributed by atoms with Crippen LogP contribution in [0.4, 0.5) is 11.4 Å². The van der Waals surface area contributed by atoms with Gasteiger partial charge < -0.3 is 9.88 Å². The minimum atomic E-state index is -0.113. The van der Waals surface area contributed by atoms with E-state index in [9.17, 15) is 0 Å². The lowest BCUT2D eigenvalue weighted by Crippen LogP contribution is -2.37. The molecule has 0 bridgehead atoms. The van der Waals surface area contributed by atoms with Crippen LogP contribution in [0.1, 0.15) is 103 Å². The van der Waals surface area contributed by atoms with Gasteiger partial charge in [0.2, 0.25) is 0 Å². The van der Waals surface area contributed by atoms with E-state index in [1.54, 1.807) is 0 Å². The van der Waals surface area contributed by atoms with E-state index in [0.717, 1.165) is 11.4 Å². The number of aromatic nitrogens is 1. The van der Waals surface area contributed by atoms with Gasteiger partial charge in [-0.1, -0.05) is 141 Å². The molecule has 14 rings (SSSR count). The maximum atomic E-state index is 4.02. The quantitative estimate of drug-likeness (QED) is 0.175. The molecule has 4 heterocycles. The highest BCUT2D eigenvalue weighted by Crippen LogP contribution is 2.52. The summed E-state index contributed by atoms with van der Waals surface area (Å²) in [5.41, 5.74) is 21.2. The minimum absolute atomic E-state index is 0.0742. The summed E-state index contributed by atoms with van der Waals surface area (Å²) in [6, 6.07) is 52.1. The molecule has 5 heteroatoms. The van der Waals surface area contributed by atoms with Gasteiger partial charge in [-0.2, -0.15) is 0 Å². The molecule has 8 aromatic carbocycles. The summed E-state index contributed by atoms with van der Waals surface area (Å²) in [4.78, 5) is 0. The van der Waals surface area contributed by atoms with Gasteiger partial charge in [-0.15, -0.1) is 22.7 Å². The molecule has 68 heavy (non-hydrogen) atoms. The number of hydrogen-bond acceptors (Lipinski definition) is 3. The number of fused-ring (bicyclic) bond motifs is 15. The molecule has 331 valence electrons. The summed E-state index contributed by atoms with van der Waals surface area (Å²) in [5, 5.41) is 12.0. The third-order valence-corrected chi connectivity index (χ3v) is 18.9. The molecule has 3 aliphatic rings. The van der Waals surface area contributed by atoms with Gasteiger partial charge in [-0.05, 0) is 140 Å². The monoisotopic (exact) mass is 913 g/mol. The summed E-state index contributed by atoms with van der Waals surface area (Å²) in [5.74, 6) is 0. The Morgan fingerprint density at radius 1 is 0.515 bits per heavy atom. The predicted octanol–water partition coefficient (Wildman–Crippen LogP) is 16.9. The Hall–Kier alpha value is -6.14. The molecule has 2 nitrogen and oxygen atoms in total. The molecule has 0 amide bonds. The second-order valence-corrected chi connectivity index (χ2v) is 25.3. The van der Waals surface area contributed by atoms with Gasteiger partial charge in [0.15, 0.2) is 7.28 Å². The first kappa shape index (κ1) is 40.9. The highest BCUT2D eigenvalue weighted by Gasteiger charge is 2.39. The smallest absolute Gasteiger partial charge is 0.197 e. The molecular weight excluding hydrogens is 860 g/mol. The molecular formula is C63H54BN2S2. The topological polar surface area (TPSA) is 17.0 Å². The summed E-state index contributed by atoms with van der Waals surface area (Å²) < 4.78 is 8.00. The van der Waals surface area contributed by atoms with Crippen molar-refractivity contribution in [3.05, 3.63) is 161 Å². The summed E-state index contributed by atoms with van der Waals surface area (Å²) >= 11 is 3.85. The number of nitrogens with zero attached hydrogens (tertiary/aromatic N) is 1. The van der Waals surface area contributed by atoms with E-state index in [0.29, 0.717) is 0 Å². The van der Waals surface area contributed by atoms with Crippen molar-refractivity contribution < 1.29 is 0 Å². The molecule has 0 saturated heterocycles. The summed E-state index contributed by atoms with van der Waals surface area (Å²) in [6.45, 7) is 21.5. The van der Waals surface area contributed by atoms with Crippen molar-refractivity contribution in [1.82, 2.24) is 4.57 Å². The van der Waals surface area contributed by atoms with Gasteiger partial charge in [-0.3, -0.25) is 0 Å². The average Bonchev–Trinajstić information content (AvgIpc) is 4.02. The Morgan fingerprint density at radius 2 is 1.19 bits per heavy atom. The number of thiophene rings is 2. The zero-order valence-corrected chi connectivity index (χ0v) is 42.1. The third-order valence-electron chi connectivity index (χ3n) is 16.6. The third kappa shape index (κ3) is 5.64. The lowest BCUT2D eigenvalue weighted by atomic mass is 9.58. The maximum Gasteiger partial charge on any atom is 0.197 e. The SMILES string of the molecule is CC(C)(C)c1ccc(Nc2cc3sc4cc5c(cc4c3cc2-c2ccc3c4cc6c(cc4n4c3c2[B]c2cc3c(cc2-4)C(C)(C)c2ccccc2-3)sc2ccccc26)C(C)(C)CCC5(C)C)cc1. The standard InChI is InChI=1S/C63H54BN2S2/c1-60(2,3)34-18-20-35(21-19-34)65-51-32-56-44(45-28-48-49(31-55(45)68-56)62(6,7)25-24-61(48,4)5)26-41(51)38-22-23-39-42-27-43-37-15-11-13-17-54(37)67-57(43)33-52(42)66-53-30-47-40(29-50(53)64-58(38)59(39)66)36-14-10-12-16-46(36)63(47,8)9/h10-23,26-33,65H,24-25H2,1-9H3. The Kier molecular flexibility index (Phi) is 8.15. The lowest BCUT2D eigenvalue weighted by molar-refractivity contribution is 0.332. The second kappa shape index (κ2) is 13.6. The van der Waals surface area contributed by atoms with Crippen molar-refractivity contribution in [3.63, 3.8) is 0 Å². The fourth-order valence-electron chi connectivity index (χ4n) is 12.6. The van der Waals surface area contributed by atoms with Crippen molar-refractivity contribution in [3.8, 4) is 27.9 Å². The van der Waals surface area contributed by atoms with Crippen LogP contribution >= 0.6 is 22.7 Å². The zero-order valence-electron chi connectivity index (χ0n) is 40.5. The highest BCUT2D eigenvalue weighted by atomic mass is 32.1. The average molecular weight is 914 g/mol. The first-order valence-corrected chi connectivity index (χ1v) is 26.2.